The molecule has 0 aliphatic heterocycles. The second-order valence-electron chi connectivity index (χ2n) is 5.05. The summed E-state index contributed by atoms with van der Waals surface area (Å²) >= 11 is 0. The smallest absolute Gasteiger partial charge is 0.323 e. The molecule has 0 bridgehead atoms. The van der Waals surface area contributed by atoms with Gasteiger partial charge in [0.1, 0.15) is 17.9 Å². The highest BCUT2D eigenvalue weighted by Crippen LogP contribution is 2.11. The van der Waals surface area contributed by atoms with E-state index in [4.69, 9.17) is 20.3 Å². The van der Waals surface area contributed by atoms with Gasteiger partial charge in [-0.1, -0.05) is 12.1 Å². The molecule has 4 N–H and O–H groups in total. The van der Waals surface area contributed by atoms with Crippen molar-refractivity contribution in [2.45, 2.75) is 38.5 Å². The maximum absolute atomic E-state index is 11.8. The fourth-order valence-corrected chi connectivity index (χ4v) is 1.64. The van der Waals surface area contributed by atoms with Crippen LogP contribution in [0.15, 0.2) is 24.3 Å². The Kier molecular flexibility index (Phi) is 7.14. The molecule has 0 aliphatic rings. The summed E-state index contributed by atoms with van der Waals surface area (Å²) in [5.74, 6) is -0.338. The number of ether oxygens (including phenoxy) is 2. The van der Waals surface area contributed by atoms with Gasteiger partial charge in [-0.25, -0.2) is 0 Å². The molecular weight excluding hydrogens is 274 g/mol. The van der Waals surface area contributed by atoms with Crippen LogP contribution in [0.25, 0.3) is 0 Å². The lowest BCUT2D eigenvalue weighted by molar-refractivity contribution is -0.153. The zero-order chi connectivity index (χ0) is 15.8. The van der Waals surface area contributed by atoms with Crippen LogP contribution in [0.4, 0.5) is 0 Å². The Hall–Kier alpha value is -1.63. The second-order valence-corrected chi connectivity index (χ2v) is 5.05. The van der Waals surface area contributed by atoms with E-state index in [1.807, 2.05) is 0 Å². The number of hydrogen-bond acceptors (Lipinski definition) is 6. The highest BCUT2D eigenvalue weighted by Gasteiger charge is 2.19. The summed E-state index contributed by atoms with van der Waals surface area (Å²) in [5, 5.41) is 18.0. The van der Waals surface area contributed by atoms with Crippen molar-refractivity contribution in [1.82, 2.24) is 0 Å². The van der Waals surface area contributed by atoms with Crippen molar-refractivity contribution in [2.24, 2.45) is 5.73 Å². The number of aliphatic hydroxyl groups excluding tert-OH is 1. The van der Waals surface area contributed by atoms with Crippen molar-refractivity contribution >= 4 is 5.97 Å². The molecule has 1 aromatic rings. The van der Waals surface area contributed by atoms with Gasteiger partial charge < -0.3 is 25.4 Å². The predicted molar refractivity (Wildman–Crippen MR) is 77.8 cm³/mol. The first kappa shape index (κ1) is 17.4. The van der Waals surface area contributed by atoms with Gasteiger partial charge in [0.2, 0.25) is 0 Å². The van der Waals surface area contributed by atoms with Crippen LogP contribution in [0.1, 0.15) is 19.4 Å². The van der Waals surface area contributed by atoms with Crippen molar-refractivity contribution < 1.29 is 24.5 Å². The molecule has 6 heteroatoms. The maximum Gasteiger partial charge on any atom is 0.323 e. The minimum Gasteiger partial charge on any atom is -0.508 e. The van der Waals surface area contributed by atoms with E-state index in [0.717, 1.165) is 5.56 Å². The van der Waals surface area contributed by atoms with Gasteiger partial charge in [-0.15, -0.1) is 0 Å². The summed E-state index contributed by atoms with van der Waals surface area (Å²) in [4.78, 5) is 11.8. The van der Waals surface area contributed by atoms with Crippen LogP contribution in [0, 0.1) is 0 Å². The first-order valence-electron chi connectivity index (χ1n) is 6.88. The third-order valence-electron chi connectivity index (χ3n) is 2.88. The molecule has 0 aliphatic carbocycles. The molecule has 0 aromatic heterocycles. The van der Waals surface area contributed by atoms with Crippen LogP contribution in [0.2, 0.25) is 0 Å². The summed E-state index contributed by atoms with van der Waals surface area (Å²) in [5.41, 5.74) is 6.64. The molecule has 0 saturated heterocycles. The number of nitrogens with two attached hydrogens (primary N) is 1. The number of hydrogen-bond donors (Lipinski definition) is 3. The molecule has 0 spiro atoms. The molecule has 3 unspecified atom stereocenters. The highest BCUT2D eigenvalue weighted by molar-refractivity contribution is 5.76. The Labute approximate surface area is 124 Å². The molecule has 21 heavy (non-hydrogen) atoms. The summed E-state index contributed by atoms with van der Waals surface area (Å²) < 4.78 is 10.5. The summed E-state index contributed by atoms with van der Waals surface area (Å²) in [7, 11) is 0. The largest absolute Gasteiger partial charge is 0.508 e. The van der Waals surface area contributed by atoms with E-state index >= 15 is 0 Å². The number of phenolic OH excluding ortho intramolecular Hbond substituents is 1. The minimum atomic E-state index is -0.771. The number of aliphatic hydroxyl groups is 1. The Morgan fingerprint density at radius 3 is 2.43 bits per heavy atom. The number of carbonyl (C=O) groups is 1. The molecule has 0 radical (unpaired) electrons. The van der Waals surface area contributed by atoms with Gasteiger partial charge >= 0.3 is 5.97 Å². The molecule has 0 saturated carbocycles. The lowest BCUT2D eigenvalue weighted by Gasteiger charge is -2.18. The van der Waals surface area contributed by atoms with E-state index in [9.17, 15) is 9.90 Å². The van der Waals surface area contributed by atoms with Crippen LogP contribution in [-0.2, 0) is 20.7 Å². The Balaban J connectivity index is 2.38. The van der Waals surface area contributed by atoms with Gasteiger partial charge in [-0.2, -0.15) is 0 Å². The van der Waals surface area contributed by atoms with Crippen molar-refractivity contribution in [3.8, 4) is 5.75 Å². The van der Waals surface area contributed by atoms with Crippen LogP contribution < -0.4 is 5.73 Å². The van der Waals surface area contributed by atoms with Gasteiger partial charge in [0.25, 0.3) is 0 Å². The molecule has 0 amide bonds. The third-order valence-corrected chi connectivity index (χ3v) is 2.88. The number of phenols is 1. The Morgan fingerprint density at radius 1 is 1.24 bits per heavy atom. The van der Waals surface area contributed by atoms with E-state index in [1.54, 1.807) is 38.1 Å². The molecule has 1 rings (SSSR count). The van der Waals surface area contributed by atoms with E-state index < -0.39 is 18.1 Å². The molecule has 0 heterocycles. The van der Waals surface area contributed by atoms with Crippen molar-refractivity contribution in [3.63, 3.8) is 0 Å². The minimum absolute atomic E-state index is 0.0823. The zero-order valence-electron chi connectivity index (χ0n) is 12.4. The van der Waals surface area contributed by atoms with E-state index in [-0.39, 0.29) is 25.1 Å². The molecule has 118 valence electrons. The topological polar surface area (TPSA) is 102 Å². The average Bonchev–Trinajstić information content (AvgIpc) is 2.46. The van der Waals surface area contributed by atoms with Crippen molar-refractivity contribution in [3.05, 3.63) is 29.8 Å². The predicted octanol–water partition coefficient (Wildman–Crippen LogP) is 0.591. The van der Waals surface area contributed by atoms with Crippen LogP contribution >= 0.6 is 0 Å². The monoisotopic (exact) mass is 297 g/mol. The Bertz CT molecular complexity index is 434. The summed E-state index contributed by atoms with van der Waals surface area (Å²) in [6.07, 6.45) is -0.395. The van der Waals surface area contributed by atoms with Gasteiger partial charge in [0.15, 0.2) is 0 Å². The molecule has 3 atom stereocenters. The van der Waals surface area contributed by atoms with Gasteiger partial charge in [0.05, 0.1) is 19.3 Å². The number of benzene rings is 1. The SMILES string of the molecule is CC(CO)OCC(C)OC(=O)C(N)Cc1ccc(O)cc1. The van der Waals surface area contributed by atoms with E-state index in [2.05, 4.69) is 0 Å². The number of rotatable bonds is 8. The molecule has 0 fully saturated rings. The standard InChI is InChI=1S/C15H23NO5/c1-10(8-17)20-9-11(2)21-15(19)14(16)7-12-3-5-13(18)6-4-12/h3-6,10-11,14,17-18H,7-9,16H2,1-2H3. The maximum atomic E-state index is 11.8. The van der Waals surface area contributed by atoms with Gasteiger partial charge in [-0.3, -0.25) is 4.79 Å². The van der Waals surface area contributed by atoms with E-state index in [0.29, 0.717) is 6.42 Å². The Morgan fingerprint density at radius 2 is 1.86 bits per heavy atom. The molecule has 1 aromatic carbocycles. The van der Waals surface area contributed by atoms with Crippen molar-refractivity contribution in [1.29, 1.82) is 0 Å². The summed E-state index contributed by atoms with van der Waals surface area (Å²) in [6, 6.07) is 5.73. The van der Waals surface area contributed by atoms with Crippen LogP contribution in [0.3, 0.4) is 0 Å². The first-order valence-corrected chi connectivity index (χ1v) is 6.88. The number of carbonyl (C=O) groups excluding carboxylic acids is 1. The average molecular weight is 297 g/mol. The third kappa shape index (κ3) is 6.57. The highest BCUT2D eigenvalue weighted by atomic mass is 16.6. The number of aromatic hydroxyl groups is 1. The van der Waals surface area contributed by atoms with Crippen LogP contribution in [-0.4, -0.2) is 47.6 Å². The lowest BCUT2D eigenvalue weighted by Crippen LogP contribution is -2.37. The fraction of sp³-hybridized carbons (Fsp3) is 0.533. The van der Waals surface area contributed by atoms with Gasteiger partial charge in [-0.05, 0) is 38.0 Å². The van der Waals surface area contributed by atoms with Crippen molar-refractivity contribution in [2.75, 3.05) is 13.2 Å². The van der Waals surface area contributed by atoms with Gasteiger partial charge in [0, 0.05) is 0 Å². The second kappa shape index (κ2) is 8.61. The molecular formula is C15H23NO5. The molecule has 6 nitrogen and oxygen atoms in total. The number of esters is 1. The normalized spacial score (nSPS) is 15.2. The lowest BCUT2D eigenvalue weighted by atomic mass is 10.1. The summed E-state index contributed by atoms with van der Waals surface area (Å²) in [6.45, 7) is 3.56. The zero-order valence-corrected chi connectivity index (χ0v) is 12.4. The first-order chi connectivity index (χ1) is 9.92. The van der Waals surface area contributed by atoms with E-state index in [1.165, 1.54) is 0 Å². The quantitative estimate of drug-likeness (QED) is 0.607. The fourth-order valence-electron chi connectivity index (χ4n) is 1.64. The van der Waals surface area contributed by atoms with Crippen LogP contribution in [0.5, 0.6) is 5.75 Å².